The molecular formula is C23H22ClN3O2. The number of nitrogens with zero attached hydrogens (tertiary/aromatic N) is 1. The molecule has 148 valence electrons. The van der Waals surface area contributed by atoms with Crippen molar-refractivity contribution < 1.29 is 9.59 Å². The number of halogens is 1. The van der Waals surface area contributed by atoms with Crippen molar-refractivity contribution in [1.29, 1.82) is 0 Å². The fourth-order valence-electron chi connectivity index (χ4n) is 3.61. The van der Waals surface area contributed by atoms with Crippen molar-refractivity contribution in [2.45, 2.75) is 44.3 Å². The van der Waals surface area contributed by atoms with Crippen molar-refractivity contribution in [1.82, 2.24) is 15.2 Å². The van der Waals surface area contributed by atoms with Gasteiger partial charge >= 0.3 is 0 Å². The lowest BCUT2D eigenvalue weighted by atomic mass is 10.1. The number of amides is 2. The van der Waals surface area contributed by atoms with Gasteiger partial charge in [-0.1, -0.05) is 41.9 Å². The zero-order chi connectivity index (χ0) is 20.0. The van der Waals surface area contributed by atoms with E-state index in [0.717, 1.165) is 42.1 Å². The van der Waals surface area contributed by atoms with Gasteiger partial charge in [-0.15, -0.1) is 0 Å². The molecule has 0 aliphatic heterocycles. The third-order valence-corrected chi connectivity index (χ3v) is 5.98. The summed E-state index contributed by atoms with van der Waals surface area (Å²) in [6, 6.07) is 15.8. The highest BCUT2D eigenvalue weighted by molar-refractivity contribution is 6.38. The SMILES string of the molecule is O=C(NC1CC1)c1ccc(CN(C(=O)c2[nH]c3ccccc3c2Cl)C2CC2)cc1. The van der Waals surface area contributed by atoms with Crippen LogP contribution in [-0.2, 0) is 6.54 Å². The highest BCUT2D eigenvalue weighted by Gasteiger charge is 2.34. The van der Waals surface area contributed by atoms with Gasteiger partial charge in [-0.25, -0.2) is 0 Å². The molecule has 2 saturated carbocycles. The van der Waals surface area contributed by atoms with Gasteiger partial charge in [0, 0.05) is 35.1 Å². The van der Waals surface area contributed by atoms with E-state index in [2.05, 4.69) is 10.3 Å². The van der Waals surface area contributed by atoms with Gasteiger partial charge in [0.15, 0.2) is 0 Å². The van der Waals surface area contributed by atoms with E-state index in [9.17, 15) is 9.59 Å². The van der Waals surface area contributed by atoms with Crippen LogP contribution in [0, 0.1) is 0 Å². The van der Waals surface area contributed by atoms with Gasteiger partial charge in [0.05, 0.1) is 5.02 Å². The molecule has 6 heteroatoms. The highest BCUT2D eigenvalue weighted by Crippen LogP contribution is 2.33. The first-order valence-corrected chi connectivity index (χ1v) is 10.4. The Kier molecular flexibility index (Phi) is 4.55. The topological polar surface area (TPSA) is 65.2 Å². The Balaban J connectivity index is 1.35. The third-order valence-electron chi connectivity index (χ3n) is 5.59. The second-order valence-corrected chi connectivity index (χ2v) is 8.35. The molecule has 2 aromatic carbocycles. The second-order valence-electron chi connectivity index (χ2n) is 7.97. The normalized spacial score (nSPS) is 16.0. The van der Waals surface area contributed by atoms with E-state index in [4.69, 9.17) is 11.6 Å². The van der Waals surface area contributed by atoms with E-state index in [1.165, 1.54) is 0 Å². The van der Waals surface area contributed by atoms with E-state index in [1.807, 2.05) is 53.4 Å². The quantitative estimate of drug-likeness (QED) is 0.631. The van der Waals surface area contributed by atoms with E-state index in [0.29, 0.717) is 28.9 Å². The molecule has 0 spiro atoms. The summed E-state index contributed by atoms with van der Waals surface area (Å²) in [6.45, 7) is 0.500. The number of para-hydroxylation sites is 1. The summed E-state index contributed by atoms with van der Waals surface area (Å²) in [5.41, 5.74) is 2.96. The number of hydrogen-bond donors (Lipinski definition) is 2. The lowest BCUT2D eigenvalue weighted by Gasteiger charge is -2.22. The van der Waals surface area contributed by atoms with E-state index < -0.39 is 0 Å². The molecule has 3 aromatic rings. The maximum Gasteiger partial charge on any atom is 0.272 e. The standard InChI is InChI=1S/C23H22ClN3O2/c24-20-18-3-1-2-4-19(18)26-21(20)23(29)27(17-11-12-17)13-14-5-7-15(8-6-14)22(28)25-16-9-10-16/h1-8,16-17,26H,9-13H2,(H,25,28). The first kappa shape index (κ1) is 18.3. The van der Waals surface area contributed by atoms with Crippen molar-refractivity contribution in [2.24, 2.45) is 0 Å². The number of fused-ring (bicyclic) bond motifs is 1. The smallest absolute Gasteiger partial charge is 0.272 e. The molecule has 2 aliphatic carbocycles. The zero-order valence-corrected chi connectivity index (χ0v) is 16.7. The molecular weight excluding hydrogens is 386 g/mol. The summed E-state index contributed by atoms with van der Waals surface area (Å²) in [5, 5.41) is 4.33. The third kappa shape index (κ3) is 3.75. The molecule has 2 N–H and O–H groups in total. The minimum atomic E-state index is -0.0794. The van der Waals surface area contributed by atoms with Crippen molar-refractivity contribution in [3.8, 4) is 0 Å². The summed E-state index contributed by atoms with van der Waals surface area (Å²) in [6.07, 6.45) is 4.15. The van der Waals surface area contributed by atoms with Crippen molar-refractivity contribution in [2.75, 3.05) is 0 Å². The van der Waals surface area contributed by atoms with E-state index in [1.54, 1.807) is 0 Å². The predicted octanol–water partition coefficient (Wildman–Crippen LogP) is 4.52. The van der Waals surface area contributed by atoms with Gasteiger partial charge < -0.3 is 15.2 Å². The van der Waals surface area contributed by atoms with E-state index >= 15 is 0 Å². The average Bonchev–Trinajstić information content (AvgIpc) is 3.66. The number of carbonyl (C=O) groups is 2. The van der Waals surface area contributed by atoms with Crippen LogP contribution in [0.3, 0.4) is 0 Å². The summed E-state index contributed by atoms with van der Waals surface area (Å²) in [7, 11) is 0. The lowest BCUT2D eigenvalue weighted by molar-refractivity contribution is 0.0724. The Hall–Kier alpha value is -2.79. The molecule has 2 aliphatic rings. The molecule has 0 bridgehead atoms. The van der Waals surface area contributed by atoms with Gasteiger partial charge in [0.25, 0.3) is 11.8 Å². The molecule has 1 heterocycles. The zero-order valence-electron chi connectivity index (χ0n) is 16.0. The molecule has 29 heavy (non-hydrogen) atoms. The molecule has 2 amide bonds. The Morgan fingerprint density at radius 2 is 1.76 bits per heavy atom. The highest BCUT2D eigenvalue weighted by atomic mass is 35.5. The van der Waals surface area contributed by atoms with Crippen molar-refractivity contribution >= 4 is 34.3 Å². The van der Waals surface area contributed by atoms with Crippen LogP contribution >= 0.6 is 11.6 Å². The maximum atomic E-state index is 13.3. The number of benzene rings is 2. The number of H-pyrrole nitrogens is 1. The number of nitrogens with one attached hydrogen (secondary N) is 2. The fourth-order valence-corrected chi connectivity index (χ4v) is 3.90. The van der Waals surface area contributed by atoms with Crippen molar-refractivity contribution in [3.05, 3.63) is 70.4 Å². The number of carbonyl (C=O) groups excluding carboxylic acids is 2. The Bertz CT molecular complexity index is 1080. The van der Waals surface area contributed by atoms with Crippen LogP contribution in [0.15, 0.2) is 48.5 Å². The van der Waals surface area contributed by atoms with Gasteiger partial charge in [0.2, 0.25) is 0 Å². The molecule has 0 saturated heterocycles. The van der Waals surface area contributed by atoms with Crippen molar-refractivity contribution in [3.63, 3.8) is 0 Å². The summed E-state index contributed by atoms with van der Waals surface area (Å²) >= 11 is 6.50. The summed E-state index contributed by atoms with van der Waals surface area (Å²) in [5.74, 6) is -0.108. The van der Waals surface area contributed by atoms with Gasteiger partial charge in [0.1, 0.15) is 5.69 Å². The van der Waals surface area contributed by atoms with Gasteiger partial charge in [-0.05, 0) is 49.4 Å². The fraction of sp³-hybridized carbons (Fsp3) is 0.304. The number of aromatic amines is 1. The Morgan fingerprint density at radius 3 is 2.41 bits per heavy atom. The molecule has 1 aromatic heterocycles. The van der Waals surface area contributed by atoms with E-state index in [-0.39, 0.29) is 17.9 Å². The lowest BCUT2D eigenvalue weighted by Crippen LogP contribution is -2.33. The van der Waals surface area contributed by atoms with Crippen LogP contribution in [0.25, 0.3) is 10.9 Å². The van der Waals surface area contributed by atoms with Gasteiger partial charge in [-0.2, -0.15) is 0 Å². The largest absolute Gasteiger partial charge is 0.349 e. The molecule has 0 atom stereocenters. The minimum Gasteiger partial charge on any atom is -0.349 e. The Morgan fingerprint density at radius 1 is 1.03 bits per heavy atom. The first-order chi connectivity index (χ1) is 14.1. The second kappa shape index (κ2) is 7.23. The van der Waals surface area contributed by atoms with Crippen LogP contribution in [0.1, 0.15) is 52.1 Å². The number of aromatic nitrogens is 1. The van der Waals surface area contributed by atoms with Crippen LogP contribution in [0.5, 0.6) is 0 Å². The average molecular weight is 408 g/mol. The molecule has 2 fully saturated rings. The maximum absolute atomic E-state index is 13.3. The van der Waals surface area contributed by atoms with Crippen LogP contribution in [-0.4, -0.2) is 33.8 Å². The van der Waals surface area contributed by atoms with Crippen LogP contribution < -0.4 is 5.32 Å². The first-order valence-electron chi connectivity index (χ1n) is 10.1. The molecule has 5 nitrogen and oxygen atoms in total. The molecule has 0 radical (unpaired) electrons. The van der Waals surface area contributed by atoms with Crippen LogP contribution in [0.2, 0.25) is 5.02 Å². The number of rotatable bonds is 6. The summed E-state index contributed by atoms with van der Waals surface area (Å²) < 4.78 is 0. The number of hydrogen-bond acceptors (Lipinski definition) is 2. The van der Waals surface area contributed by atoms with Crippen LogP contribution in [0.4, 0.5) is 0 Å². The minimum absolute atomic E-state index is 0.0287. The monoisotopic (exact) mass is 407 g/mol. The molecule has 0 unspecified atom stereocenters. The van der Waals surface area contributed by atoms with Gasteiger partial charge in [-0.3, -0.25) is 9.59 Å². The Labute approximate surface area is 174 Å². The predicted molar refractivity (Wildman–Crippen MR) is 113 cm³/mol. The summed E-state index contributed by atoms with van der Waals surface area (Å²) in [4.78, 5) is 30.5. The molecule has 5 rings (SSSR count).